The summed E-state index contributed by atoms with van der Waals surface area (Å²) in [6.45, 7) is 2.48. The van der Waals surface area contributed by atoms with Gasteiger partial charge in [0.05, 0.1) is 19.2 Å². The van der Waals surface area contributed by atoms with Crippen LogP contribution in [0.15, 0.2) is 18.2 Å². The molecule has 0 radical (unpaired) electrons. The molecule has 1 aliphatic heterocycles. The van der Waals surface area contributed by atoms with E-state index < -0.39 is 48.8 Å². The van der Waals surface area contributed by atoms with Crippen molar-refractivity contribution in [2.75, 3.05) is 19.7 Å². The minimum atomic E-state index is -3.00. The summed E-state index contributed by atoms with van der Waals surface area (Å²) in [4.78, 5) is 13.1. The summed E-state index contributed by atoms with van der Waals surface area (Å²) in [6.07, 6.45) is -0.551. The third-order valence-electron chi connectivity index (χ3n) is 4.19. The van der Waals surface area contributed by atoms with Gasteiger partial charge >= 0.3 is 6.03 Å². The first-order chi connectivity index (χ1) is 11.1. The third-order valence-corrected chi connectivity index (χ3v) is 4.50. The minimum Gasteiger partial charge on any atom is -0.394 e. The molecule has 1 unspecified atom stereocenters. The van der Waals surface area contributed by atoms with Crippen LogP contribution >= 0.6 is 11.6 Å². The number of urea groups is 1. The van der Waals surface area contributed by atoms with E-state index in [1.807, 2.05) is 0 Å². The van der Waals surface area contributed by atoms with Crippen molar-refractivity contribution >= 4 is 17.6 Å². The fraction of sp³-hybridized carbons (Fsp3) is 0.562. The van der Waals surface area contributed by atoms with Crippen LogP contribution in [0, 0.1) is 5.82 Å². The van der Waals surface area contributed by atoms with Gasteiger partial charge in [-0.25, -0.2) is 18.0 Å². The molecular formula is C16H20ClF3N2O2. The van der Waals surface area contributed by atoms with Gasteiger partial charge in [0.1, 0.15) is 5.82 Å². The number of carbonyl (C=O) groups is 1. The Bertz CT molecular complexity index is 625. The third kappa shape index (κ3) is 4.13. The molecule has 0 bridgehead atoms. The van der Waals surface area contributed by atoms with Gasteiger partial charge in [-0.15, -0.1) is 0 Å². The molecule has 0 aliphatic carbocycles. The Balaban J connectivity index is 2.05. The highest BCUT2D eigenvalue weighted by Gasteiger charge is 2.46. The zero-order valence-corrected chi connectivity index (χ0v) is 14.2. The van der Waals surface area contributed by atoms with Crippen molar-refractivity contribution in [3.63, 3.8) is 0 Å². The molecule has 4 nitrogen and oxygen atoms in total. The number of nitrogens with one attached hydrogen (secondary N) is 1. The number of hydrogen-bond acceptors (Lipinski definition) is 2. The maximum Gasteiger partial charge on any atom is 0.317 e. The fourth-order valence-corrected chi connectivity index (χ4v) is 3.25. The number of aliphatic hydroxyl groups excluding tert-OH is 1. The van der Waals surface area contributed by atoms with Gasteiger partial charge in [0.2, 0.25) is 0 Å². The van der Waals surface area contributed by atoms with Crippen molar-refractivity contribution in [1.82, 2.24) is 10.2 Å². The first kappa shape index (κ1) is 18.9. The highest BCUT2D eigenvalue weighted by Crippen LogP contribution is 2.33. The largest absolute Gasteiger partial charge is 0.394 e. The second-order valence-electron chi connectivity index (χ2n) is 6.69. The molecule has 1 saturated heterocycles. The van der Waals surface area contributed by atoms with Crippen molar-refractivity contribution < 1.29 is 23.1 Å². The first-order valence-electron chi connectivity index (χ1n) is 7.54. The lowest BCUT2D eigenvalue weighted by Crippen LogP contribution is -2.48. The summed E-state index contributed by atoms with van der Waals surface area (Å²) >= 11 is 6.04. The summed E-state index contributed by atoms with van der Waals surface area (Å²) in [5.74, 6) is -3.46. The predicted octanol–water partition coefficient (Wildman–Crippen LogP) is 3.17. The molecule has 2 amide bonds. The second-order valence-corrected chi connectivity index (χ2v) is 7.10. The summed E-state index contributed by atoms with van der Waals surface area (Å²) in [5, 5.41) is 12.0. The van der Waals surface area contributed by atoms with Crippen molar-refractivity contribution in [2.45, 2.75) is 37.6 Å². The first-order valence-corrected chi connectivity index (χ1v) is 7.92. The maximum atomic E-state index is 13.4. The number of hydrogen-bond donors (Lipinski definition) is 2. The van der Waals surface area contributed by atoms with Gasteiger partial charge in [-0.2, -0.15) is 0 Å². The number of benzene rings is 1. The lowest BCUT2D eigenvalue weighted by molar-refractivity contribution is 0.0141. The average Bonchev–Trinajstić information content (AvgIpc) is 2.79. The monoisotopic (exact) mass is 364 g/mol. The number of carbonyl (C=O) groups excluding carboxylic acids is 1. The van der Waals surface area contributed by atoms with Crippen LogP contribution in [0.3, 0.4) is 0 Å². The van der Waals surface area contributed by atoms with E-state index in [9.17, 15) is 23.1 Å². The van der Waals surface area contributed by atoms with Crippen LogP contribution in [0.2, 0.25) is 5.02 Å². The molecule has 1 heterocycles. The average molecular weight is 365 g/mol. The number of rotatable bonds is 4. The van der Waals surface area contributed by atoms with E-state index in [1.54, 1.807) is 13.8 Å². The number of amides is 2. The summed E-state index contributed by atoms with van der Waals surface area (Å²) in [5.41, 5.74) is 0.00791. The molecule has 1 aromatic carbocycles. The smallest absolute Gasteiger partial charge is 0.317 e. The van der Waals surface area contributed by atoms with Crippen molar-refractivity contribution in [1.29, 1.82) is 0 Å². The molecule has 0 aromatic heterocycles. The summed E-state index contributed by atoms with van der Waals surface area (Å²) < 4.78 is 40.0. The van der Waals surface area contributed by atoms with E-state index in [0.29, 0.717) is 5.56 Å². The standard InChI is InChI=1S/C16H20ClF3N2O2/c1-15(2,12-4-3-10(18)5-13(12)17)8-21-14(24)22-9-16(19,20)6-11(22)7-23/h3-5,11,23H,6-9H2,1-2H3,(H,21,24). The van der Waals surface area contributed by atoms with E-state index in [1.165, 1.54) is 18.2 Å². The molecule has 2 rings (SSSR count). The number of likely N-dealkylation sites (tertiary alicyclic amines) is 1. The van der Waals surface area contributed by atoms with Crippen LogP contribution in [0.25, 0.3) is 0 Å². The lowest BCUT2D eigenvalue weighted by atomic mass is 9.84. The SMILES string of the molecule is CC(C)(CNC(=O)N1CC(F)(F)CC1CO)c1ccc(F)cc1Cl. The Morgan fingerprint density at radius 2 is 2.17 bits per heavy atom. The number of alkyl halides is 2. The molecule has 0 saturated carbocycles. The molecule has 2 N–H and O–H groups in total. The second kappa shape index (κ2) is 6.80. The highest BCUT2D eigenvalue weighted by molar-refractivity contribution is 6.31. The highest BCUT2D eigenvalue weighted by atomic mass is 35.5. The molecule has 1 aromatic rings. The van der Waals surface area contributed by atoms with Crippen LogP contribution < -0.4 is 5.32 Å². The van der Waals surface area contributed by atoms with Gasteiger partial charge in [-0.3, -0.25) is 0 Å². The molecule has 0 spiro atoms. The lowest BCUT2D eigenvalue weighted by Gasteiger charge is -2.29. The van der Waals surface area contributed by atoms with Gasteiger partial charge in [0, 0.05) is 23.4 Å². The van der Waals surface area contributed by atoms with Crippen LogP contribution in [-0.4, -0.2) is 47.7 Å². The number of nitrogens with zero attached hydrogens (tertiary/aromatic N) is 1. The Kier molecular flexibility index (Phi) is 5.34. The molecule has 8 heteroatoms. The normalized spacial score (nSPS) is 20.3. The van der Waals surface area contributed by atoms with Crippen LogP contribution in [-0.2, 0) is 5.41 Å². The number of halogens is 4. The topological polar surface area (TPSA) is 52.6 Å². The predicted molar refractivity (Wildman–Crippen MR) is 85.0 cm³/mol. The van der Waals surface area contributed by atoms with Crippen molar-refractivity contribution in [3.8, 4) is 0 Å². The van der Waals surface area contributed by atoms with Crippen LogP contribution in [0.5, 0.6) is 0 Å². The van der Waals surface area contributed by atoms with E-state index >= 15 is 0 Å². The zero-order valence-electron chi connectivity index (χ0n) is 13.5. The quantitative estimate of drug-likeness (QED) is 0.862. The molecule has 1 atom stereocenters. The Labute approximate surface area is 143 Å². The Morgan fingerprint density at radius 1 is 1.50 bits per heavy atom. The number of aliphatic hydroxyl groups is 1. The van der Waals surface area contributed by atoms with Gasteiger partial charge in [0.25, 0.3) is 5.92 Å². The van der Waals surface area contributed by atoms with Gasteiger partial charge in [-0.1, -0.05) is 31.5 Å². The molecule has 1 aliphatic rings. The summed E-state index contributed by atoms with van der Waals surface area (Å²) in [7, 11) is 0. The van der Waals surface area contributed by atoms with Crippen molar-refractivity contribution in [2.24, 2.45) is 0 Å². The zero-order chi connectivity index (χ0) is 18.1. The van der Waals surface area contributed by atoms with Gasteiger partial charge in [0.15, 0.2) is 0 Å². The molecular weight excluding hydrogens is 345 g/mol. The minimum absolute atomic E-state index is 0.122. The molecule has 1 fully saturated rings. The van der Waals surface area contributed by atoms with E-state index in [4.69, 9.17) is 11.6 Å². The van der Waals surface area contributed by atoms with E-state index in [-0.39, 0.29) is 11.6 Å². The van der Waals surface area contributed by atoms with Crippen molar-refractivity contribution in [3.05, 3.63) is 34.6 Å². The van der Waals surface area contributed by atoms with Gasteiger partial charge in [-0.05, 0) is 17.7 Å². The van der Waals surface area contributed by atoms with E-state index in [2.05, 4.69) is 5.32 Å². The molecule has 24 heavy (non-hydrogen) atoms. The Morgan fingerprint density at radius 3 is 2.75 bits per heavy atom. The summed E-state index contributed by atoms with van der Waals surface area (Å²) in [6, 6.07) is 2.41. The fourth-order valence-electron chi connectivity index (χ4n) is 2.83. The van der Waals surface area contributed by atoms with Gasteiger partial charge < -0.3 is 15.3 Å². The van der Waals surface area contributed by atoms with E-state index in [0.717, 1.165) is 4.90 Å². The molecule has 134 valence electrons. The Hall–Kier alpha value is -1.47. The van der Waals surface area contributed by atoms with Crippen LogP contribution in [0.4, 0.5) is 18.0 Å². The van der Waals surface area contributed by atoms with Crippen LogP contribution in [0.1, 0.15) is 25.8 Å². The maximum absolute atomic E-state index is 13.4.